The fraction of sp³-hybridized carbons (Fsp3) is 0. The standard InChI is InChI=1S/C6H7N3OS/c7-5(9-10)4-2-1-3-8-6(4)11/h1-3,10H,(H2,7,9)(H,8,11). The first kappa shape index (κ1) is 7.74. The maximum Gasteiger partial charge on any atom is 0.173 e. The SMILES string of the molecule is N/C(=N/O)c1ccc[nH]c1=S. The maximum absolute atomic E-state index is 8.32. The number of amidine groups is 1. The maximum atomic E-state index is 8.32. The molecular weight excluding hydrogens is 162 g/mol. The number of nitrogens with zero attached hydrogens (tertiary/aromatic N) is 1. The second-order valence-corrected chi connectivity index (χ2v) is 2.31. The zero-order valence-corrected chi connectivity index (χ0v) is 6.43. The molecule has 0 aliphatic carbocycles. The molecule has 1 rings (SSSR count). The molecule has 0 unspecified atom stereocenters. The molecule has 0 radical (unpaired) electrons. The number of rotatable bonds is 1. The first-order chi connectivity index (χ1) is 5.25. The molecule has 5 heteroatoms. The molecule has 0 fully saturated rings. The van der Waals surface area contributed by atoms with Crippen molar-refractivity contribution in [3.63, 3.8) is 0 Å². The van der Waals surface area contributed by atoms with Crippen molar-refractivity contribution >= 4 is 18.1 Å². The Morgan fingerprint density at radius 2 is 2.45 bits per heavy atom. The third-order valence-corrected chi connectivity index (χ3v) is 1.54. The van der Waals surface area contributed by atoms with E-state index in [9.17, 15) is 0 Å². The van der Waals surface area contributed by atoms with Gasteiger partial charge in [-0.15, -0.1) is 0 Å². The topological polar surface area (TPSA) is 74.4 Å². The van der Waals surface area contributed by atoms with E-state index in [-0.39, 0.29) is 5.84 Å². The highest BCUT2D eigenvalue weighted by Gasteiger charge is 1.98. The smallest absolute Gasteiger partial charge is 0.173 e. The van der Waals surface area contributed by atoms with Crippen LogP contribution in [0.4, 0.5) is 0 Å². The van der Waals surface area contributed by atoms with Crippen LogP contribution >= 0.6 is 12.2 Å². The summed E-state index contributed by atoms with van der Waals surface area (Å²) in [6.07, 6.45) is 1.68. The average molecular weight is 169 g/mol. The Hall–Kier alpha value is -1.36. The highest BCUT2D eigenvalue weighted by Crippen LogP contribution is 1.97. The number of hydrogen-bond donors (Lipinski definition) is 3. The summed E-state index contributed by atoms with van der Waals surface area (Å²) in [6, 6.07) is 3.40. The minimum absolute atomic E-state index is 0.0202. The summed E-state index contributed by atoms with van der Waals surface area (Å²) in [5, 5.41) is 11.1. The van der Waals surface area contributed by atoms with Gasteiger partial charge in [-0.3, -0.25) is 0 Å². The molecular formula is C6H7N3OS. The summed E-state index contributed by atoms with van der Waals surface area (Å²) in [7, 11) is 0. The zero-order chi connectivity index (χ0) is 8.27. The fourth-order valence-electron chi connectivity index (χ4n) is 0.677. The number of pyridine rings is 1. The van der Waals surface area contributed by atoms with Crippen LogP contribution < -0.4 is 5.73 Å². The summed E-state index contributed by atoms with van der Waals surface area (Å²) in [4.78, 5) is 2.76. The van der Waals surface area contributed by atoms with Crippen LogP contribution in [0, 0.1) is 4.64 Å². The van der Waals surface area contributed by atoms with E-state index in [4.69, 9.17) is 23.2 Å². The second kappa shape index (κ2) is 3.16. The van der Waals surface area contributed by atoms with Crippen molar-refractivity contribution in [3.05, 3.63) is 28.5 Å². The van der Waals surface area contributed by atoms with Crippen LogP contribution in [0.2, 0.25) is 0 Å². The van der Waals surface area contributed by atoms with Crippen LogP contribution in [0.5, 0.6) is 0 Å². The van der Waals surface area contributed by atoms with Gasteiger partial charge in [0, 0.05) is 6.20 Å². The Morgan fingerprint density at radius 1 is 1.73 bits per heavy atom. The van der Waals surface area contributed by atoms with Crippen molar-refractivity contribution in [2.75, 3.05) is 0 Å². The molecule has 0 aromatic carbocycles. The first-order valence-corrected chi connectivity index (χ1v) is 3.32. The van der Waals surface area contributed by atoms with E-state index in [0.29, 0.717) is 10.2 Å². The molecule has 1 aromatic rings. The number of oxime groups is 1. The predicted molar refractivity (Wildman–Crippen MR) is 44.1 cm³/mol. The molecule has 0 saturated carbocycles. The molecule has 0 bridgehead atoms. The highest BCUT2D eigenvalue weighted by atomic mass is 32.1. The molecule has 0 atom stereocenters. The Kier molecular flexibility index (Phi) is 2.22. The quantitative estimate of drug-likeness (QED) is 0.192. The summed E-state index contributed by atoms with van der Waals surface area (Å²) < 4.78 is 0.461. The van der Waals surface area contributed by atoms with Gasteiger partial charge in [-0.1, -0.05) is 17.4 Å². The van der Waals surface area contributed by atoms with Crippen molar-refractivity contribution in [1.29, 1.82) is 0 Å². The lowest BCUT2D eigenvalue weighted by Crippen LogP contribution is -2.13. The van der Waals surface area contributed by atoms with Gasteiger partial charge >= 0.3 is 0 Å². The second-order valence-electron chi connectivity index (χ2n) is 1.90. The van der Waals surface area contributed by atoms with Gasteiger partial charge in [-0.05, 0) is 12.1 Å². The predicted octanol–water partition coefficient (Wildman–Crippen LogP) is 0.839. The van der Waals surface area contributed by atoms with E-state index in [1.165, 1.54) is 0 Å². The van der Waals surface area contributed by atoms with Gasteiger partial charge in [0.05, 0.1) is 5.56 Å². The van der Waals surface area contributed by atoms with Gasteiger partial charge in [0.25, 0.3) is 0 Å². The molecule has 4 nitrogen and oxygen atoms in total. The van der Waals surface area contributed by atoms with E-state index in [1.807, 2.05) is 0 Å². The molecule has 0 aliphatic heterocycles. The van der Waals surface area contributed by atoms with Crippen molar-refractivity contribution in [3.8, 4) is 0 Å². The van der Waals surface area contributed by atoms with Gasteiger partial charge in [-0.2, -0.15) is 0 Å². The van der Waals surface area contributed by atoms with Crippen LogP contribution in [0.1, 0.15) is 5.56 Å². The van der Waals surface area contributed by atoms with E-state index < -0.39 is 0 Å². The lowest BCUT2D eigenvalue weighted by molar-refractivity contribution is 0.318. The lowest BCUT2D eigenvalue weighted by atomic mass is 10.3. The Balaban J connectivity index is 3.25. The van der Waals surface area contributed by atoms with E-state index in [1.54, 1.807) is 18.3 Å². The van der Waals surface area contributed by atoms with Gasteiger partial charge < -0.3 is 15.9 Å². The number of nitrogens with two attached hydrogens (primary N) is 1. The number of aromatic amines is 1. The van der Waals surface area contributed by atoms with Crippen LogP contribution in [-0.4, -0.2) is 16.0 Å². The lowest BCUT2D eigenvalue weighted by Gasteiger charge is -1.95. The Labute approximate surface area is 68.4 Å². The van der Waals surface area contributed by atoms with Gasteiger partial charge in [0.15, 0.2) is 5.84 Å². The molecule has 0 spiro atoms. The van der Waals surface area contributed by atoms with Gasteiger partial charge in [-0.25, -0.2) is 0 Å². The molecule has 1 aromatic heterocycles. The molecule has 0 saturated heterocycles. The largest absolute Gasteiger partial charge is 0.409 e. The number of aromatic nitrogens is 1. The summed E-state index contributed by atoms with van der Waals surface area (Å²) in [5.41, 5.74) is 5.84. The van der Waals surface area contributed by atoms with Crippen molar-refractivity contribution in [2.45, 2.75) is 0 Å². The minimum Gasteiger partial charge on any atom is -0.409 e. The van der Waals surface area contributed by atoms with Crippen LogP contribution in [0.15, 0.2) is 23.5 Å². The Bertz CT molecular complexity index is 331. The van der Waals surface area contributed by atoms with E-state index in [0.717, 1.165) is 0 Å². The normalized spacial score (nSPS) is 11.5. The van der Waals surface area contributed by atoms with E-state index in [2.05, 4.69) is 10.1 Å². The molecule has 58 valence electrons. The number of hydrogen-bond acceptors (Lipinski definition) is 3. The molecule has 0 amide bonds. The minimum atomic E-state index is 0.0202. The monoisotopic (exact) mass is 169 g/mol. The van der Waals surface area contributed by atoms with Gasteiger partial charge in [0.1, 0.15) is 4.64 Å². The van der Waals surface area contributed by atoms with E-state index >= 15 is 0 Å². The fourth-order valence-corrected chi connectivity index (χ4v) is 0.918. The molecule has 11 heavy (non-hydrogen) atoms. The highest BCUT2D eigenvalue weighted by molar-refractivity contribution is 7.71. The van der Waals surface area contributed by atoms with Crippen LogP contribution in [0.3, 0.4) is 0 Å². The third-order valence-electron chi connectivity index (χ3n) is 1.20. The summed E-state index contributed by atoms with van der Waals surface area (Å²) in [6.45, 7) is 0. The molecule has 0 aliphatic rings. The summed E-state index contributed by atoms with van der Waals surface area (Å²) in [5.74, 6) is 0.0202. The molecule has 4 N–H and O–H groups in total. The molecule has 1 heterocycles. The van der Waals surface area contributed by atoms with Crippen molar-refractivity contribution in [2.24, 2.45) is 10.9 Å². The van der Waals surface area contributed by atoms with Gasteiger partial charge in [0.2, 0.25) is 0 Å². The van der Waals surface area contributed by atoms with Crippen LogP contribution in [-0.2, 0) is 0 Å². The third kappa shape index (κ3) is 1.56. The summed E-state index contributed by atoms with van der Waals surface area (Å²) >= 11 is 4.87. The Morgan fingerprint density at radius 3 is 3.00 bits per heavy atom. The first-order valence-electron chi connectivity index (χ1n) is 2.91. The number of nitrogens with one attached hydrogen (secondary N) is 1. The van der Waals surface area contributed by atoms with Crippen molar-refractivity contribution < 1.29 is 5.21 Å². The average Bonchev–Trinajstić information content (AvgIpc) is 2.04. The van der Waals surface area contributed by atoms with Crippen LogP contribution in [0.25, 0.3) is 0 Å². The van der Waals surface area contributed by atoms with Crippen molar-refractivity contribution in [1.82, 2.24) is 4.98 Å². The number of H-pyrrole nitrogens is 1. The zero-order valence-electron chi connectivity index (χ0n) is 5.61.